The van der Waals surface area contributed by atoms with E-state index in [0.717, 1.165) is 24.8 Å². The van der Waals surface area contributed by atoms with Gasteiger partial charge < -0.3 is 18.6 Å². The van der Waals surface area contributed by atoms with Crippen LogP contribution in [0, 0.1) is 23.2 Å². The van der Waals surface area contributed by atoms with Gasteiger partial charge in [-0.25, -0.2) is 4.79 Å². The molecular formula is C19H20O6. The summed E-state index contributed by atoms with van der Waals surface area (Å²) in [7, 11) is 0. The molecule has 5 aliphatic rings. The van der Waals surface area contributed by atoms with Crippen LogP contribution in [-0.2, 0) is 23.8 Å². The van der Waals surface area contributed by atoms with Crippen LogP contribution in [0.2, 0.25) is 0 Å². The van der Waals surface area contributed by atoms with Gasteiger partial charge in [0.05, 0.1) is 24.5 Å². The minimum Gasteiger partial charge on any atom is -0.472 e. The topological polar surface area (TPSA) is 75.0 Å². The Morgan fingerprint density at radius 1 is 1.16 bits per heavy atom. The third-order valence-electron chi connectivity index (χ3n) is 7.66. The van der Waals surface area contributed by atoms with Crippen LogP contribution in [0.25, 0.3) is 0 Å². The highest BCUT2D eigenvalue weighted by Gasteiger charge is 2.76. The third kappa shape index (κ3) is 1.52. The average molecular weight is 344 g/mol. The van der Waals surface area contributed by atoms with Crippen LogP contribution in [0.3, 0.4) is 0 Å². The second kappa shape index (κ2) is 4.29. The molecule has 25 heavy (non-hydrogen) atoms. The molecule has 1 aromatic heterocycles. The van der Waals surface area contributed by atoms with E-state index >= 15 is 0 Å². The number of rotatable bonds is 1. The minimum atomic E-state index is -0.902. The quantitative estimate of drug-likeness (QED) is 0.728. The van der Waals surface area contributed by atoms with Crippen molar-refractivity contribution in [2.75, 3.05) is 0 Å². The van der Waals surface area contributed by atoms with E-state index in [2.05, 4.69) is 6.92 Å². The highest BCUT2D eigenvalue weighted by molar-refractivity contribution is 5.85. The van der Waals surface area contributed by atoms with Crippen molar-refractivity contribution in [1.29, 1.82) is 0 Å². The first kappa shape index (κ1) is 14.4. The number of furan rings is 1. The molecule has 4 heterocycles. The summed E-state index contributed by atoms with van der Waals surface area (Å²) in [6.45, 7) is 2.16. The molecular weight excluding hydrogens is 324 g/mol. The number of esters is 2. The summed E-state index contributed by atoms with van der Waals surface area (Å²) in [6.07, 6.45) is 5.75. The molecule has 6 rings (SSSR count). The maximum atomic E-state index is 12.9. The largest absolute Gasteiger partial charge is 0.472 e. The Labute approximate surface area is 144 Å². The maximum Gasteiger partial charge on any atom is 0.339 e. The average Bonchev–Trinajstić information content (AvgIpc) is 3.31. The Hall–Kier alpha value is -1.82. The van der Waals surface area contributed by atoms with Crippen LogP contribution >= 0.6 is 0 Å². The molecule has 6 heteroatoms. The van der Waals surface area contributed by atoms with Crippen molar-refractivity contribution in [2.45, 2.75) is 56.5 Å². The van der Waals surface area contributed by atoms with E-state index in [9.17, 15) is 9.59 Å². The van der Waals surface area contributed by atoms with Crippen LogP contribution in [0.5, 0.6) is 0 Å². The van der Waals surface area contributed by atoms with Crippen molar-refractivity contribution in [3.8, 4) is 0 Å². The fourth-order valence-corrected chi connectivity index (χ4v) is 6.54. The number of ether oxygens (including phenoxy) is 3. The number of carbonyl (C=O) groups is 2. The fourth-order valence-electron chi connectivity index (χ4n) is 6.54. The first-order chi connectivity index (χ1) is 12.0. The fraction of sp³-hybridized carbons (Fsp3) is 0.684. The van der Waals surface area contributed by atoms with E-state index in [0.29, 0.717) is 6.42 Å². The molecule has 6 nitrogen and oxygen atoms in total. The normalized spacial score (nSPS) is 52.5. The Morgan fingerprint density at radius 2 is 2.04 bits per heavy atom. The maximum absolute atomic E-state index is 12.9. The zero-order valence-corrected chi connectivity index (χ0v) is 14.0. The summed E-state index contributed by atoms with van der Waals surface area (Å²) < 4.78 is 23.0. The predicted octanol–water partition coefficient (Wildman–Crippen LogP) is 2.38. The van der Waals surface area contributed by atoms with Crippen LogP contribution in [0.15, 0.2) is 23.0 Å². The lowest BCUT2D eigenvalue weighted by atomic mass is 9.49. The number of hydrogen-bond acceptors (Lipinski definition) is 6. The van der Waals surface area contributed by atoms with Gasteiger partial charge in [0.2, 0.25) is 0 Å². The molecule has 3 aliphatic heterocycles. The lowest BCUT2D eigenvalue weighted by Gasteiger charge is -2.51. The molecule has 5 fully saturated rings. The van der Waals surface area contributed by atoms with E-state index in [4.69, 9.17) is 18.6 Å². The van der Waals surface area contributed by atoms with Gasteiger partial charge in [0, 0.05) is 23.3 Å². The van der Waals surface area contributed by atoms with Gasteiger partial charge in [-0.2, -0.15) is 0 Å². The minimum absolute atomic E-state index is 0.0202. The Morgan fingerprint density at radius 3 is 2.84 bits per heavy atom. The highest BCUT2D eigenvalue weighted by Crippen LogP contribution is 2.69. The van der Waals surface area contributed by atoms with Crippen molar-refractivity contribution in [3.05, 3.63) is 24.2 Å². The van der Waals surface area contributed by atoms with Gasteiger partial charge in [-0.15, -0.1) is 0 Å². The molecule has 8 atom stereocenters. The summed E-state index contributed by atoms with van der Waals surface area (Å²) in [6, 6.07) is 1.90. The molecule has 0 amide bonds. The van der Waals surface area contributed by atoms with Crippen molar-refractivity contribution in [2.24, 2.45) is 23.2 Å². The number of hydrogen-bond donors (Lipinski definition) is 0. The second-order valence-corrected chi connectivity index (χ2v) is 8.58. The van der Waals surface area contributed by atoms with Crippen molar-refractivity contribution >= 4 is 11.9 Å². The summed E-state index contributed by atoms with van der Waals surface area (Å²) >= 11 is 0. The molecule has 0 radical (unpaired) electrons. The summed E-state index contributed by atoms with van der Waals surface area (Å²) in [4.78, 5) is 25.2. The molecule has 3 saturated heterocycles. The van der Waals surface area contributed by atoms with E-state index < -0.39 is 5.60 Å². The summed E-state index contributed by atoms with van der Waals surface area (Å²) in [5.74, 6) is -0.235. The van der Waals surface area contributed by atoms with E-state index in [1.165, 1.54) is 0 Å². The Bertz CT molecular complexity index is 771. The summed E-state index contributed by atoms with van der Waals surface area (Å²) in [5, 5.41) is 0. The Balaban J connectivity index is 1.48. The van der Waals surface area contributed by atoms with E-state index in [1.807, 2.05) is 6.07 Å². The first-order valence-electron chi connectivity index (χ1n) is 9.13. The van der Waals surface area contributed by atoms with E-state index in [1.54, 1.807) is 12.5 Å². The smallest absolute Gasteiger partial charge is 0.339 e. The molecule has 132 valence electrons. The Kier molecular flexibility index (Phi) is 2.46. The van der Waals surface area contributed by atoms with Gasteiger partial charge >= 0.3 is 11.9 Å². The first-order valence-corrected chi connectivity index (χ1v) is 9.13. The van der Waals surface area contributed by atoms with Gasteiger partial charge in [0.25, 0.3) is 0 Å². The van der Waals surface area contributed by atoms with Gasteiger partial charge in [-0.3, -0.25) is 4.79 Å². The summed E-state index contributed by atoms with van der Waals surface area (Å²) in [5.41, 5.74) is -0.293. The molecule has 1 spiro atoms. The standard InChI is InChI=1S/C19H20O6/c1-18-6-13(9-2-3-22-8-9)25-19(18)7-14(24-17(19)21)15-11-4-10(5-12(15)18)23-16(11)20/h2-3,8,10-15H,4-7H2,1H3. The molecule has 4 bridgehead atoms. The van der Waals surface area contributed by atoms with Crippen molar-refractivity contribution in [3.63, 3.8) is 0 Å². The second-order valence-electron chi connectivity index (χ2n) is 8.58. The lowest BCUT2D eigenvalue weighted by Crippen LogP contribution is -2.59. The van der Waals surface area contributed by atoms with Crippen molar-refractivity contribution < 1.29 is 28.2 Å². The van der Waals surface area contributed by atoms with Crippen molar-refractivity contribution in [1.82, 2.24) is 0 Å². The molecule has 0 N–H and O–H groups in total. The van der Waals surface area contributed by atoms with Gasteiger partial charge in [0.15, 0.2) is 5.60 Å². The molecule has 2 saturated carbocycles. The monoisotopic (exact) mass is 344 g/mol. The van der Waals surface area contributed by atoms with Crippen LogP contribution in [-0.4, -0.2) is 29.7 Å². The van der Waals surface area contributed by atoms with Crippen LogP contribution in [0.1, 0.15) is 44.3 Å². The number of carbonyl (C=O) groups excluding carboxylic acids is 2. The van der Waals surface area contributed by atoms with Gasteiger partial charge in [-0.1, -0.05) is 6.92 Å². The van der Waals surface area contributed by atoms with Crippen LogP contribution in [0.4, 0.5) is 0 Å². The van der Waals surface area contributed by atoms with Crippen LogP contribution < -0.4 is 0 Å². The third-order valence-corrected chi connectivity index (χ3v) is 7.66. The SMILES string of the molecule is CC12CC(c3ccoc3)OC13CC(OC3=O)C1C3CC(CC12)OC3=O. The molecule has 0 aromatic carbocycles. The predicted molar refractivity (Wildman–Crippen MR) is 82.1 cm³/mol. The zero-order chi connectivity index (χ0) is 17.0. The zero-order valence-electron chi connectivity index (χ0n) is 14.0. The molecule has 8 unspecified atom stereocenters. The molecule has 1 aromatic rings. The molecule has 2 aliphatic carbocycles. The highest BCUT2D eigenvalue weighted by atomic mass is 16.6. The van der Waals surface area contributed by atoms with E-state index in [-0.39, 0.29) is 53.4 Å². The lowest BCUT2D eigenvalue weighted by molar-refractivity contribution is -0.169. The van der Waals surface area contributed by atoms with Gasteiger partial charge in [0.1, 0.15) is 12.2 Å². The van der Waals surface area contributed by atoms with Gasteiger partial charge in [-0.05, 0) is 31.2 Å². The number of fused-ring (bicyclic) bond motifs is 7.